The van der Waals surface area contributed by atoms with E-state index in [1.807, 2.05) is 0 Å². The molecule has 0 unspecified atom stereocenters. The van der Waals surface area contributed by atoms with Gasteiger partial charge in [-0.25, -0.2) is 9.07 Å². The Labute approximate surface area is 112 Å². The molecule has 0 aliphatic rings. The van der Waals surface area contributed by atoms with Crippen LogP contribution >= 0.6 is 0 Å². The third-order valence-electron chi connectivity index (χ3n) is 2.38. The third-order valence-corrected chi connectivity index (χ3v) is 2.38. The van der Waals surface area contributed by atoms with Crippen molar-refractivity contribution in [2.75, 3.05) is 5.32 Å². The minimum absolute atomic E-state index is 0.104. The Hall–Kier alpha value is -2.51. The fourth-order valence-electron chi connectivity index (χ4n) is 1.52. The van der Waals surface area contributed by atoms with Crippen molar-refractivity contribution in [1.82, 2.24) is 14.8 Å². The largest absolute Gasteiger partial charge is 0.417 e. The van der Waals surface area contributed by atoms with Crippen molar-refractivity contribution in [2.45, 2.75) is 6.61 Å². The van der Waals surface area contributed by atoms with E-state index in [1.54, 1.807) is 0 Å². The SMILES string of the molecule is C=C(Nc1cc(OC(F)F)n(C)n1)c1cncc(F)c1. The molecule has 0 atom stereocenters. The van der Waals surface area contributed by atoms with Crippen molar-refractivity contribution < 1.29 is 17.9 Å². The summed E-state index contributed by atoms with van der Waals surface area (Å²) in [5, 5.41) is 6.69. The van der Waals surface area contributed by atoms with Crippen molar-refractivity contribution in [3.63, 3.8) is 0 Å². The van der Waals surface area contributed by atoms with Gasteiger partial charge >= 0.3 is 6.61 Å². The molecule has 2 aromatic heterocycles. The third kappa shape index (κ3) is 3.28. The number of hydrogen-bond donors (Lipinski definition) is 1. The van der Waals surface area contributed by atoms with Crippen molar-refractivity contribution >= 4 is 11.5 Å². The van der Waals surface area contributed by atoms with Crippen LogP contribution < -0.4 is 10.1 Å². The van der Waals surface area contributed by atoms with Crippen LogP contribution in [0.25, 0.3) is 5.70 Å². The number of rotatable bonds is 5. The van der Waals surface area contributed by atoms with Crippen LogP contribution in [0.3, 0.4) is 0 Å². The Morgan fingerprint density at radius 2 is 2.15 bits per heavy atom. The number of aryl methyl sites for hydroxylation is 1. The number of pyridine rings is 1. The summed E-state index contributed by atoms with van der Waals surface area (Å²) in [5.74, 6) is -0.363. The van der Waals surface area contributed by atoms with Crippen LogP contribution in [0.1, 0.15) is 5.56 Å². The molecular weight excluding hydrogens is 273 g/mol. The fraction of sp³-hybridized carbons (Fsp3) is 0.167. The minimum Gasteiger partial charge on any atom is -0.417 e. The molecule has 0 amide bonds. The number of halogens is 3. The first-order valence-electron chi connectivity index (χ1n) is 5.51. The maximum atomic E-state index is 13.0. The molecule has 8 heteroatoms. The maximum absolute atomic E-state index is 13.0. The lowest BCUT2D eigenvalue weighted by Crippen LogP contribution is -2.06. The summed E-state index contributed by atoms with van der Waals surface area (Å²) in [6.07, 6.45) is 2.48. The van der Waals surface area contributed by atoms with Gasteiger partial charge in [0.05, 0.1) is 6.20 Å². The van der Waals surface area contributed by atoms with Gasteiger partial charge in [0.15, 0.2) is 5.82 Å². The van der Waals surface area contributed by atoms with Gasteiger partial charge in [0.1, 0.15) is 5.82 Å². The molecule has 0 fully saturated rings. The van der Waals surface area contributed by atoms with Gasteiger partial charge in [-0.05, 0) is 6.07 Å². The number of alkyl halides is 2. The van der Waals surface area contributed by atoms with Crippen LogP contribution in [0, 0.1) is 5.82 Å². The zero-order valence-corrected chi connectivity index (χ0v) is 10.5. The molecule has 0 spiro atoms. The van der Waals surface area contributed by atoms with Gasteiger partial charge in [0.25, 0.3) is 0 Å². The molecule has 0 saturated carbocycles. The van der Waals surface area contributed by atoms with Crippen molar-refractivity contribution in [2.24, 2.45) is 7.05 Å². The molecule has 0 saturated heterocycles. The van der Waals surface area contributed by atoms with Crippen LogP contribution in [0.4, 0.5) is 19.0 Å². The van der Waals surface area contributed by atoms with Crippen LogP contribution in [0.2, 0.25) is 0 Å². The normalized spacial score (nSPS) is 10.7. The van der Waals surface area contributed by atoms with E-state index in [2.05, 4.69) is 26.7 Å². The lowest BCUT2D eigenvalue weighted by molar-refractivity contribution is -0.0553. The van der Waals surface area contributed by atoms with E-state index in [0.29, 0.717) is 11.3 Å². The quantitative estimate of drug-likeness (QED) is 0.917. The van der Waals surface area contributed by atoms with Crippen LogP contribution in [-0.4, -0.2) is 21.4 Å². The van der Waals surface area contributed by atoms with Crippen LogP contribution in [-0.2, 0) is 7.05 Å². The number of ether oxygens (including phenoxy) is 1. The molecule has 2 aromatic rings. The highest BCUT2D eigenvalue weighted by Gasteiger charge is 2.12. The van der Waals surface area contributed by atoms with Gasteiger partial charge < -0.3 is 10.1 Å². The number of nitrogens with one attached hydrogen (secondary N) is 1. The second-order valence-electron chi connectivity index (χ2n) is 3.87. The number of aromatic nitrogens is 3. The molecule has 0 bridgehead atoms. The van der Waals surface area contributed by atoms with E-state index in [4.69, 9.17) is 0 Å². The standard InChI is InChI=1S/C12H11F3N4O/c1-7(8-3-9(13)6-16-5-8)17-10-4-11(19(2)18-10)20-12(14)15/h3-6,12H,1H2,2H3,(H,17,18). The Kier molecular flexibility index (Phi) is 3.92. The van der Waals surface area contributed by atoms with Gasteiger partial charge in [-0.3, -0.25) is 4.98 Å². The summed E-state index contributed by atoms with van der Waals surface area (Å²) < 4.78 is 42.7. The van der Waals surface area contributed by atoms with E-state index in [-0.39, 0.29) is 11.7 Å². The molecule has 2 heterocycles. The number of nitrogens with zero attached hydrogens (tertiary/aromatic N) is 3. The average Bonchev–Trinajstić information content (AvgIpc) is 2.68. The predicted molar refractivity (Wildman–Crippen MR) is 66.7 cm³/mol. The number of hydrogen-bond acceptors (Lipinski definition) is 4. The molecular formula is C12H11F3N4O. The van der Waals surface area contributed by atoms with Crippen molar-refractivity contribution in [1.29, 1.82) is 0 Å². The monoisotopic (exact) mass is 284 g/mol. The predicted octanol–water partition coefficient (Wildman–Crippen LogP) is 2.64. The fourth-order valence-corrected chi connectivity index (χ4v) is 1.52. The molecule has 0 aliphatic heterocycles. The van der Waals surface area contributed by atoms with Gasteiger partial charge in [-0.1, -0.05) is 6.58 Å². The molecule has 20 heavy (non-hydrogen) atoms. The highest BCUT2D eigenvalue weighted by atomic mass is 19.3. The summed E-state index contributed by atoms with van der Waals surface area (Å²) in [4.78, 5) is 3.68. The molecule has 0 radical (unpaired) electrons. The first-order valence-corrected chi connectivity index (χ1v) is 5.51. The van der Waals surface area contributed by atoms with E-state index in [1.165, 1.54) is 25.4 Å². The van der Waals surface area contributed by atoms with Crippen LogP contribution in [0.5, 0.6) is 5.88 Å². The smallest absolute Gasteiger partial charge is 0.388 e. The zero-order valence-electron chi connectivity index (χ0n) is 10.5. The van der Waals surface area contributed by atoms with Gasteiger partial charge in [0.2, 0.25) is 5.88 Å². The summed E-state index contributed by atoms with van der Waals surface area (Å²) in [6.45, 7) is 0.769. The lowest BCUT2D eigenvalue weighted by atomic mass is 10.2. The molecule has 2 rings (SSSR count). The van der Waals surface area contributed by atoms with E-state index in [9.17, 15) is 13.2 Å². The maximum Gasteiger partial charge on any atom is 0.388 e. The second kappa shape index (κ2) is 5.64. The molecule has 5 nitrogen and oxygen atoms in total. The first kappa shape index (κ1) is 13.9. The molecule has 106 valence electrons. The van der Waals surface area contributed by atoms with Gasteiger partial charge in [-0.2, -0.15) is 13.9 Å². The summed E-state index contributed by atoms with van der Waals surface area (Å²) in [7, 11) is 1.45. The van der Waals surface area contributed by atoms with Crippen LogP contribution in [0.15, 0.2) is 31.1 Å². The Morgan fingerprint density at radius 3 is 2.80 bits per heavy atom. The first-order chi connectivity index (χ1) is 9.45. The average molecular weight is 284 g/mol. The molecule has 1 N–H and O–H groups in total. The molecule has 0 aromatic carbocycles. The summed E-state index contributed by atoms with van der Waals surface area (Å²) >= 11 is 0. The minimum atomic E-state index is -2.94. The Balaban J connectivity index is 2.12. The molecule has 0 aliphatic carbocycles. The van der Waals surface area contributed by atoms with Gasteiger partial charge in [-0.15, -0.1) is 0 Å². The van der Waals surface area contributed by atoms with E-state index in [0.717, 1.165) is 10.9 Å². The highest BCUT2D eigenvalue weighted by Crippen LogP contribution is 2.21. The number of anilines is 1. The lowest BCUT2D eigenvalue weighted by Gasteiger charge is -2.06. The van der Waals surface area contributed by atoms with E-state index >= 15 is 0 Å². The van der Waals surface area contributed by atoms with E-state index < -0.39 is 12.4 Å². The Bertz CT molecular complexity index is 627. The zero-order chi connectivity index (χ0) is 14.7. The Morgan fingerprint density at radius 1 is 1.40 bits per heavy atom. The summed E-state index contributed by atoms with van der Waals surface area (Å²) in [5.41, 5.74) is 0.755. The highest BCUT2D eigenvalue weighted by molar-refractivity contribution is 5.73. The van der Waals surface area contributed by atoms with Crippen molar-refractivity contribution in [3.8, 4) is 5.88 Å². The topological polar surface area (TPSA) is 52.0 Å². The van der Waals surface area contributed by atoms with Gasteiger partial charge in [0, 0.05) is 30.6 Å². The summed E-state index contributed by atoms with van der Waals surface area (Å²) in [6, 6.07) is 2.52. The second-order valence-corrected chi connectivity index (χ2v) is 3.87. The van der Waals surface area contributed by atoms with Crippen molar-refractivity contribution in [3.05, 3.63) is 42.5 Å².